The first kappa shape index (κ1) is 41.4. The third kappa shape index (κ3) is 8.38. The summed E-state index contributed by atoms with van der Waals surface area (Å²) < 4.78 is 9.25. The molecule has 3 aliphatic heterocycles. The lowest BCUT2D eigenvalue weighted by Crippen LogP contribution is -2.54. The largest absolute Gasteiger partial charge is 0.382 e. The van der Waals surface area contributed by atoms with Crippen LogP contribution in [0.25, 0.3) is 11.0 Å². The second-order valence-electron chi connectivity index (χ2n) is 16.2. The Balaban J connectivity index is 0.713. The fraction of sp³-hybridized carbons (Fsp3) is 0.419. The van der Waals surface area contributed by atoms with Gasteiger partial charge in [-0.15, -0.1) is 5.10 Å². The van der Waals surface area contributed by atoms with Crippen molar-refractivity contribution in [2.75, 3.05) is 61.5 Å². The molecular formula is C43H47N13O7. The number of pyridine rings is 2. The number of benzene rings is 1. The Morgan fingerprint density at radius 3 is 2.52 bits per heavy atom. The lowest BCUT2D eigenvalue weighted by atomic mass is 10.0. The fourth-order valence-corrected chi connectivity index (χ4v) is 8.91. The van der Waals surface area contributed by atoms with Gasteiger partial charge in [-0.05, 0) is 56.0 Å². The first-order valence-electron chi connectivity index (χ1n) is 21.3. The van der Waals surface area contributed by atoms with Crippen molar-refractivity contribution in [3.63, 3.8) is 0 Å². The van der Waals surface area contributed by atoms with E-state index in [1.165, 1.54) is 0 Å². The number of aldehydes is 1. The number of aryl methyl sites for hydroxylation is 1. The summed E-state index contributed by atoms with van der Waals surface area (Å²) in [4.78, 5) is 95.1. The predicted octanol–water partition coefficient (Wildman–Crippen LogP) is 2.61. The van der Waals surface area contributed by atoms with Crippen molar-refractivity contribution in [1.29, 1.82) is 0 Å². The van der Waals surface area contributed by atoms with Gasteiger partial charge in [-0.25, -0.2) is 14.6 Å². The number of nitrogens with one attached hydrogen (secondary N) is 3. The van der Waals surface area contributed by atoms with Crippen LogP contribution in [0.15, 0.2) is 53.7 Å². The summed E-state index contributed by atoms with van der Waals surface area (Å²) in [6, 6.07) is 7.82. The number of piperidine rings is 1. The number of ether oxygens (including phenoxy) is 1. The van der Waals surface area contributed by atoms with E-state index < -0.39 is 29.7 Å². The summed E-state index contributed by atoms with van der Waals surface area (Å²) >= 11 is 0. The minimum atomic E-state index is -1.02. The average molecular weight is 858 g/mol. The maximum absolute atomic E-state index is 13.4. The van der Waals surface area contributed by atoms with Crippen LogP contribution in [-0.2, 0) is 27.4 Å². The number of aromatic nitrogens is 7. The van der Waals surface area contributed by atoms with Gasteiger partial charge in [0.1, 0.15) is 17.5 Å². The number of piperazine rings is 1. The summed E-state index contributed by atoms with van der Waals surface area (Å²) in [6.07, 6.45) is 10.0. The molecule has 20 nitrogen and oxygen atoms in total. The summed E-state index contributed by atoms with van der Waals surface area (Å²) in [5.74, 6) is -1.28. The Morgan fingerprint density at radius 1 is 0.937 bits per heavy atom. The van der Waals surface area contributed by atoms with Gasteiger partial charge in [-0.2, -0.15) is 4.98 Å². The van der Waals surface area contributed by atoms with Crippen molar-refractivity contribution in [2.45, 2.75) is 70.6 Å². The van der Waals surface area contributed by atoms with Gasteiger partial charge in [0.2, 0.25) is 17.8 Å². The van der Waals surface area contributed by atoms with E-state index in [0.29, 0.717) is 73.2 Å². The van der Waals surface area contributed by atoms with Gasteiger partial charge in [0.05, 0.1) is 54.0 Å². The molecule has 9 rings (SSSR count). The molecule has 0 spiro atoms. The van der Waals surface area contributed by atoms with Crippen LogP contribution in [0.3, 0.4) is 0 Å². The average Bonchev–Trinajstić information content (AvgIpc) is 4.04. The van der Waals surface area contributed by atoms with Crippen molar-refractivity contribution in [3.05, 3.63) is 87.2 Å². The maximum Gasteiger partial charge on any atom is 0.264 e. The van der Waals surface area contributed by atoms with Crippen LogP contribution in [0, 0.1) is 6.92 Å². The molecule has 1 atom stereocenters. The number of nitrogens with zero attached hydrogens (tertiary/aromatic N) is 10. The third-order valence-electron chi connectivity index (χ3n) is 12.3. The quantitative estimate of drug-likeness (QED) is 0.0780. The van der Waals surface area contributed by atoms with Crippen LogP contribution in [0.5, 0.6) is 0 Å². The summed E-state index contributed by atoms with van der Waals surface area (Å²) in [6.45, 7) is 7.32. The van der Waals surface area contributed by atoms with Crippen LogP contribution in [-0.4, -0.2) is 126 Å². The van der Waals surface area contributed by atoms with E-state index in [-0.39, 0.29) is 41.1 Å². The number of carbonyl (C=O) groups excluding carboxylic acids is 5. The Hall–Kier alpha value is -6.93. The first-order valence-corrected chi connectivity index (χ1v) is 21.3. The van der Waals surface area contributed by atoms with Crippen molar-refractivity contribution in [2.24, 2.45) is 0 Å². The highest BCUT2D eigenvalue weighted by Gasteiger charge is 2.45. The Kier molecular flexibility index (Phi) is 11.7. The highest BCUT2D eigenvalue weighted by molar-refractivity contribution is 6.25. The Morgan fingerprint density at radius 2 is 1.76 bits per heavy atom. The van der Waals surface area contributed by atoms with Gasteiger partial charge >= 0.3 is 0 Å². The van der Waals surface area contributed by atoms with E-state index >= 15 is 0 Å². The van der Waals surface area contributed by atoms with Gasteiger partial charge in [0.25, 0.3) is 17.4 Å². The Labute approximate surface area is 361 Å². The Bertz CT molecular complexity index is 2650. The number of fused-ring (bicyclic) bond motifs is 2. The topological polar surface area (TPSA) is 232 Å². The summed E-state index contributed by atoms with van der Waals surface area (Å²) in [7, 11) is 0. The van der Waals surface area contributed by atoms with Crippen LogP contribution in [0.4, 0.5) is 23.1 Å². The monoisotopic (exact) mass is 857 g/mol. The molecule has 326 valence electrons. The van der Waals surface area contributed by atoms with Crippen molar-refractivity contribution in [1.82, 2.24) is 49.6 Å². The number of anilines is 4. The van der Waals surface area contributed by atoms with Gasteiger partial charge in [-0.1, -0.05) is 24.1 Å². The highest BCUT2D eigenvalue weighted by Crippen LogP contribution is 2.33. The number of carbonyl (C=O) groups is 5. The lowest BCUT2D eigenvalue weighted by Gasteiger charge is -2.35. The molecule has 2 saturated heterocycles. The zero-order chi connectivity index (χ0) is 43.6. The molecule has 4 aliphatic rings. The van der Waals surface area contributed by atoms with Crippen LogP contribution in [0.2, 0.25) is 0 Å². The zero-order valence-electron chi connectivity index (χ0n) is 34.8. The minimum absolute atomic E-state index is 0.00224. The zero-order valence-corrected chi connectivity index (χ0v) is 34.8. The molecule has 0 bridgehead atoms. The predicted molar refractivity (Wildman–Crippen MR) is 229 cm³/mol. The smallest absolute Gasteiger partial charge is 0.264 e. The van der Waals surface area contributed by atoms with Crippen molar-refractivity contribution >= 4 is 64.1 Å². The van der Waals surface area contributed by atoms with Crippen molar-refractivity contribution < 1.29 is 28.7 Å². The van der Waals surface area contributed by atoms with E-state index in [0.717, 1.165) is 68.1 Å². The molecular weight excluding hydrogens is 811 g/mol. The van der Waals surface area contributed by atoms with Gasteiger partial charge in [0, 0.05) is 75.2 Å². The number of rotatable bonds is 15. The maximum atomic E-state index is 13.4. The van der Waals surface area contributed by atoms with Crippen LogP contribution < -0.4 is 26.4 Å². The second kappa shape index (κ2) is 17.8. The van der Waals surface area contributed by atoms with E-state index in [2.05, 4.69) is 46.0 Å². The second-order valence-corrected chi connectivity index (χ2v) is 16.2. The summed E-state index contributed by atoms with van der Waals surface area (Å²) in [5, 5.41) is 17.9. The standard InChI is InChI=1S/C43H47N13O7/c1-26-31-22-46-43(49-38(31)55(28-5-2-3-6-28)41(61)32(26)25-57)47-35-11-9-29(21-45-35)53-16-14-52(15-17-53)23-27-24-54(51-50-27)18-20-63-19-13-44-33-8-4-7-30-37(33)42(62)56(40(30)60)34-10-12-36(58)48-39(34)59/h4,7-9,11,21-22,24-25,28,34,44H,2-3,5-6,10,12-20,23H2,1H3,(H,48,58,59)(H,45,46,47,49). The molecule has 4 amide bonds. The third-order valence-corrected chi connectivity index (χ3v) is 12.3. The molecule has 1 unspecified atom stereocenters. The van der Waals surface area contributed by atoms with E-state index in [9.17, 15) is 28.8 Å². The highest BCUT2D eigenvalue weighted by atomic mass is 16.5. The molecule has 5 aromatic rings. The van der Waals surface area contributed by atoms with E-state index in [1.54, 1.807) is 40.6 Å². The first-order chi connectivity index (χ1) is 30.7. The van der Waals surface area contributed by atoms with Gasteiger partial charge in [0.15, 0.2) is 6.29 Å². The van der Waals surface area contributed by atoms with Gasteiger partial charge in [-0.3, -0.25) is 48.5 Å². The van der Waals surface area contributed by atoms with Crippen LogP contribution >= 0.6 is 0 Å². The lowest BCUT2D eigenvalue weighted by molar-refractivity contribution is -0.136. The normalized spacial score (nSPS) is 18.3. The van der Waals surface area contributed by atoms with Gasteiger partial charge < -0.3 is 20.3 Å². The fourth-order valence-electron chi connectivity index (χ4n) is 8.91. The molecule has 7 heterocycles. The molecule has 1 aromatic carbocycles. The molecule has 0 radical (unpaired) electrons. The molecule has 20 heteroatoms. The molecule has 1 saturated carbocycles. The van der Waals surface area contributed by atoms with Crippen molar-refractivity contribution in [3.8, 4) is 0 Å². The summed E-state index contributed by atoms with van der Waals surface area (Å²) in [5.41, 5.74) is 3.73. The number of imide groups is 2. The SMILES string of the molecule is Cc1c(C=O)c(=O)n(C2CCCC2)c2nc(Nc3ccc(N4CCN(Cc5cn(CCOCCNc6cccc7c6C(=O)N(C6CCC(=O)NC6=O)C7=O)nn5)CC4)cn3)ncc12. The molecule has 1 aliphatic carbocycles. The number of hydrogen-bond acceptors (Lipinski definition) is 16. The molecule has 3 N–H and O–H groups in total. The van der Waals surface area contributed by atoms with Crippen LogP contribution in [0.1, 0.15) is 86.9 Å². The molecule has 3 fully saturated rings. The molecule has 63 heavy (non-hydrogen) atoms. The van der Waals surface area contributed by atoms with E-state index in [1.807, 2.05) is 24.5 Å². The van der Waals surface area contributed by atoms with E-state index in [4.69, 9.17) is 9.72 Å². The molecule has 4 aromatic heterocycles. The number of hydrogen-bond donors (Lipinski definition) is 3. The number of amides is 4. The minimum Gasteiger partial charge on any atom is -0.382 e.